The van der Waals surface area contributed by atoms with Gasteiger partial charge in [-0.3, -0.25) is 0 Å². The number of rotatable bonds is 2. The van der Waals surface area contributed by atoms with Crippen LogP contribution in [0.3, 0.4) is 0 Å². The topological polar surface area (TPSA) is 50.8 Å². The maximum Gasteiger partial charge on any atom is 0.317 e. The van der Waals surface area contributed by atoms with Gasteiger partial charge in [-0.2, -0.15) is 0 Å². The third kappa shape index (κ3) is 2.66. The standard InChI is InChI=1S/C18H30N2O3/c1-18(2)15(14-6-10-23-16(14)18)19-17(21)20-7-3-13(11-20)12-4-8-22-9-5-12/h12-16H,3-11H2,1-2H3,(H,19,21). The highest BCUT2D eigenvalue weighted by molar-refractivity contribution is 5.75. The molecule has 0 aromatic carbocycles. The molecule has 5 heteroatoms. The van der Waals surface area contributed by atoms with Gasteiger partial charge in [0.05, 0.1) is 6.10 Å². The number of fused-ring (bicyclic) bond motifs is 1. The van der Waals surface area contributed by atoms with Gasteiger partial charge in [0.25, 0.3) is 0 Å². The number of carbonyl (C=O) groups is 1. The normalized spacial score (nSPS) is 39.8. The first-order valence-electron chi connectivity index (χ1n) is 9.32. The fourth-order valence-corrected chi connectivity index (χ4v) is 5.39. The van der Waals surface area contributed by atoms with Crippen LogP contribution in [0.1, 0.15) is 39.5 Å². The first kappa shape index (κ1) is 15.7. The maximum atomic E-state index is 12.7. The molecular formula is C18H30N2O3. The van der Waals surface area contributed by atoms with E-state index in [0.717, 1.165) is 64.5 Å². The molecule has 1 saturated carbocycles. The summed E-state index contributed by atoms with van der Waals surface area (Å²) in [5.41, 5.74) is 0.0661. The van der Waals surface area contributed by atoms with E-state index in [1.165, 1.54) is 0 Å². The summed E-state index contributed by atoms with van der Waals surface area (Å²) in [6, 6.07) is 0.410. The molecule has 0 spiro atoms. The number of nitrogens with zero attached hydrogens (tertiary/aromatic N) is 1. The summed E-state index contributed by atoms with van der Waals surface area (Å²) in [7, 11) is 0. The third-order valence-corrected chi connectivity index (χ3v) is 6.82. The van der Waals surface area contributed by atoms with Gasteiger partial charge < -0.3 is 19.7 Å². The van der Waals surface area contributed by atoms with E-state index in [0.29, 0.717) is 17.9 Å². The van der Waals surface area contributed by atoms with E-state index in [2.05, 4.69) is 19.2 Å². The van der Waals surface area contributed by atoms with E-state index in [-0.39, 0.29) is 17.5 Å². The lowest BCUT2D eigenvalue weighted by atomic mass is 9.57. The Morgan fingerprint density at radius 3 is 2.65 bits per heavy atom. The number of ether oxygens (including phenoxy) is 2. The minimum absolute atomic E-state index is 0.0661. The highest BCUT2D eigenvalue weighted by Gasteiger charge is 2.60. The molecule has 4 atom stereocenters. The summed E-state index contributed by atoms with van der Waals surface area (Å²) in [6.45, 7) is 8.92. The molecule has 23 heavy (non-hydrogen) atoms. The van der Waals surface area contributed by atoms with E-state index in [1.807, 2.05) is 4.90 Å². The number of carbonyl (C=O) groups excluding carboxylic acids is 1. The first-order chi connectivity index (χ1) is 11.1. The fraction of sp³-hybridized carbons (Fsp3) is 0.944. The van der Waals surface area contributed by atoms with Gasteiger partial charge in [-0.1, -0.05) is 13.8 Å². The van der Waals surface area contributed by atoms with Crippen molar-refractivity contribution in [1.82, 2.24) is 10.2 Å². The van der Waals surface area contributed by atoms with Crippen molar-refractivity contribution < 1.29 is 14.3 Å². The van der Waals surface area contributed by atoms with Crippen molar-refractivity contribution in [2.75, 3.05) is 32.9 Å². The zero-order valence-corrected chi connectivity index (χ0v) is 14.4. The zero-order chi connectivity index (χ0) is 16.0. The molecule has 4 rings (SSSR count). The second kappa shape index (κ2) is 5.92. The van der Waals surface area contributed by atoms with Crippen molar-refractivity contribution in [3.63, 3.8) is 0 Å². The highest BCUT2D eigenvalue weighted by atomic mass is 16.5. The third-order valence-electron chi connectivity index (χ3n) is 6.82. The largest absolute Gasteiger partial charge is 0.381 e. The van der Waals surface area contributed by atoms with Crippen LogP contribution in [0.5, 0.6) is 0 Å². The van der Waals surface area contributed by atoms with Gasteiger partial charge in [0.2, 0.25) is 0 Å². The van der Waals surface area contributed by atoms with Crippen LogP contribution in [0.2, 0.25) is 0 Å². The van der Waals surface area contributed by atoms with E-state index < -0.39 is 0 Å². The Bertz CT molecular complexity index is 461. The van der Waals surface area contributed by atoms with Crippen LogP contribution in [0.25, 0.3) is 0 Å². The molecule has 1 N–H and O–H groups in total. The van der Waals surface area contributed by atoms with Gasteiger partial charge >= 0.3 is 6.03 Å². The lowest BCUT2D eigenvalue weighted by Crippen LogP contribution is -2.67. The van der Waals surface area contributed by atoms with Crippen LogP contribution in [0.15, 0.2) is 0 Å². The van der Waals surface area contributed by atoms with Gasteiger partial charge in [0, 0.05) is 50.3 Å². The number of urea groups is 1. The molecule has 0 radical (unpaired) electrons. The van der Waals surface area contributed by atoms with Crippen molar-refractivity contribution in [3.8, 4) is 0 Å². The molecule has 0 aromatic rings. The summed E-state index contributed by atoms with van der Waals surface area (Å²) in [5.74, 6) is 1.93. The average molecular weight is 322 g/mol. The molecule has 130 valence electrons. The van der Waals surface area contributed by atoms with E-state index in [1.54, 1.807) is 0 Å². The van der Waals surface area contributed by atoms with Crippen molar-refractivity contribution in [3.05, 3.63) is 0 Å². The predicted octanol–water partition coefficient (Wildman–Crippen LogP) is 2.26. The van der Waals surface area contributed by atoms with Crippen LogP contribution in [0.4, 0.5) is 4.79 Å². The van der Waals surface area contributed by atoms with Gasteiger partial charge in [-0.25, -0.2) is 4.79 Å². The van der Waals surface area contributed by atoms with Crippen molar-refractivity contribution >= 4 is 6.03 Å². The van der Waals surface area contributed by atoms with E-state index in [4.69, 9.17) is 9.47 Å². The maximum absolute atomic E-state index is 12.7. The molecule has 4 fully saturated rings. The molecule has 3 saturated heterocycles. The monoisotopic (exact) mass is 322 g/mol. The summed E-state index contributed by atoms with van der Waals surface area (Å²) >= 11 is 0. The molecule has 4 aliphatic rings. The van der Waals surface area contributed by atoms with Crippen molar-refractivity contribution in [2.45, 2.75) is 51.7 Å². The molecule has 3 heterocycles. The molecule has 0 bridgehead atoms. The minimum atomic E-state index is 0.0661. The zero-order valence-electron chi connectivity index (χ0n) is 14.4. The van der Waals surface area contributed by atoms with E-state index >= 15 is 0 Å². The van der Waals surface area contributed by atoms with Gasteiger partial charge in [0.1, 0.15) is 0 Å². The summed E-state index contributed by atoms with van der Waals surface area (Å²) in [6.07, 6.45) is 4.90. The number of hydrogen-bond donors (Lipinski definition) is 1. The van der Waals surface area contributed by atoms with Crippen LogP contribution >= 0.6 is 0 Å². The SMILES string of the molecule is CC1(C)C(NC(=O)N2CCC(C3CCOCC3)C2)C2CCOC21. The average Bonchev–Trinajstić information content (AvgIpc) is 3.21. The van der Waals surface area contributed by atoms with E-state index in [9.17, 15) is 4.79 Å². The lowest BCUT2D eigenvalue weighted by Gasteiger charge is -2.54. The highest BCUT2D eigenvalue weighted by Crippen LogP contribution is 2.52. The smallest absolute Gasteiger partial charge is 0.317 e. The first-order valence-corrected chi connectivity index (χ1v) is 9.32. The second-order valence-corrected chi connectivity index (χ2v) is 8.44. The Morgan fingerprint density at radius 1 is 1.09 bits per heavy atom. The molecule has 2 amide bonds. The Morgan fingerprint density at radius 2 is 1.87 bits per heavy atom. The van der Waals surface area contributed by atoms with Crippen molar-refractivity contribution in [1.29, 1.82) is 0 Å². The fourth-order valence-electron chi connectivity index (χ4n) is 5.39. The predicted molar refractivity (Wildman–Crippen MR) is 87.2 cm³/mol. The molecule has 5 nitrogen and oxygen atoms in total. The molecule has 4 unspecified atom stereocenters. The molecule has 3 aliphatic heterocycles. The lowest BCUT2D eigenvalue weighted by molar-refractivity contribution is -0.109. The quantitative estimate of drug-likeness (QED) is 0.848. The minimum Gasteiger partial charge on any atom is -0.381 e. The van der Waals surface area contributed by atoms with Crippen molar-refractivity contribution in [2.24, 2.45) is 23.2 Å². The number of hydrogen-bond acceptors (Lipinski definition) is 3. The molecular weight excluding hydrogens is 292 g/mol. The van der Waals surface area contributed by atoms with Gasteiger partial charge in [0.15, 0.2) is 0 Å². The second-order valence-electron chi connectivity index (χ2n) is 8.44. The summed E-state index contributed by atoms with van der Waals surface area (Å²) in [4.78, 5) is 14.7. The summed E-state index contributed by atoms with van der Waals surface area (Å²) in [5, 5.41) is 3.33. The van der Waals surface area contributed by atoms with Crippen LogP contribution in [0, 0.1) is 23.2 Å². The van der Waals surface area contributed by atoms with Crippen LogP contribution in [-0.4, -0.2) is 56.0 Å². The Kier molecular flexibility index (Phi) is 4.04. The number of likely N-dealkylation sites (tertiary alicyclic amines) is 1. The Balaban J connectivity index is 1.32. The summed E-state index contributed by atoms with van der Waals surface area (Å²) < 4.78 is 11.3. The van der Waals surface area contributed by atoms with Gasteiger partial charge in [-0.05, 0) is 37.5 Å². The molecule has 0 aromatic heterocycles. The van der Waals surface area contributed by atoms with Gasteiger partial charge in [-0.15, -0.1) is 0 Å². The molecule has 1 aliphatic carbocycles. The number of amides is 2. The van der Waals surface area contributed by atoms with Crippen LogP contribution < -0.4 is 5.32 Å². The Labute approximate surface area is 139 Å². The Hall–Kier alpha value is -0.810. The number of nitrogens with one attached hydrogen (secondary N) is 1. The van der Waals surface area contributed by atoms with Crippen LogP contribution in [-0.2, 0) is 9.47 Å².